The van der Waals surface area contributed by atoms with E-state index in [-0.39, 0.29) is 24.4 Å². The quantitative estimate of drug-likeness (QED) is 0.668. The SMILES string of the molecule is CC(=O)N1CC[C@@H](NC(=O)c2ccc(N)nc2)[C@H](O)C1. The highest BCUT2D eigenvalue weighted by Crippen LogP contribution is 2.12. The molecule has 0 saturated carbocycles. The third kappa shape index (κ3) is 3.24. The number of pyridine rings is 1. The minimum absolute atomic E-state index is 0.0726. The number of nitrogens with zero attached hydrogens (tertiary/aromatic N) is 2. The number of nitrogens with one attached hydrogen (secondary N) is 1. The van der Waals surface area contributed by atoms with Crippen molar-refractivity contribution in [3.05, 3.63) is 23.9 Å². The fourth-order valence-electron chi connectivity index (χ4n) is 2.18. The van der Waals surface area contributed by atoms with Gasteiger partial charge in [0.25, 0.3) is 5.91 Å². The summed E-state index contributed by atoms with van der Waals surface area (Å²) in [7, 11) is 0. The molecule has 1 aliphatic heterocycles. The molecule has 108 valence electrons. The molecular weight excluding hydrogens is 260 g/mol. The summed E-state index contributed by atoms with van der Waals surface area (Å²) < 4.78 is 0. The Hall–Kier alpha value is -2.15. The molecule has 2 heterocycles. The fourth-order valence-corrected chi connectivity index (χ4v) is 2.18. The number of hydrogen-bond acceptors (Lipinski definition) is 5. The van der Waals surface area contributed by atoms with Crippen LogP contribution in [-0.4, -0.2) is 52.0 Å². The number of β-amino-alcohol motifs (C(OH)–C–C–N with tert-alkyl or cyclic N) is 1. The normalized spacial score (nSPS) is 22.4. The van der Waals surface area contributed by atoms with Gasteiger partial charge in [-0.25, -0.2) is 4.98 Å². The maximum Gasteiger partial charge on any atom is 0.253 e. The molecule has 1 aromatic heterocycles. The summed E-state index contributed by atoms with van der Waals surface area (Å²) in [6, 6.07) is 2.76. The molecule has 4 N–H and O–H groups in total. The van der Waals surface area contributed by atoms with E-state index in [1.165, 1.54) is 13.1 Å². The Morgan fingerprint density at radius 2 is 2.25 bits per heavy atom. The molecular formula is C13H18N4O3. The van der Waals surface area contributed by atoms with Crippen LogP contribution in [0.5, 0.6) is 0 Å². The van der Waals surface area contributed by atoms with Crippen LogP contribution in [0.3, 0.4) is 0 Å². The number of carbonyl (C=O) groups excluding carboxylic acids is 2. The number of nitrogen functional groups attached to an aromatic ring is 1. The van der Waals surface area contributed by atoms with Crippen LogP contribution in [0.15, 0.2) is 18.3 Å². The first-order valence-electron chi connectivity index (χ1n) is 6.43. The van der Waals surface area contributed by atoms with Crippen LogP contribution in [0.2, 0.25) is 0 Å². The highest BCUT2D eigenvalue weighted by molar-refractivity contribution is 5.94. The van der Waals surface area contributed by atoms with E-state index in [0.717, 1.165) is 0 Å². The highest BCUT2D eigenvalue weighted by Gasteiger charge is 2.30. The zero-order valence-corrected chi connectivity index (χ0v) is 11.2. The molecule has 0 aliphatic carbocycles. The van der Waals surface area contributed by atoms with Crippen LogP contribution in [0, 0.1) is 0 Å². The van der Waals surface area contributed by atoms with E-state index >= 15 is 0 Å². The van der Waals surface area contributed by atoms with Crippen LogP contribution in [-0.2, 0) is 4.79 Å². The van der Waals surface area contributed by atoms with E-state index in [9.17, 15) is 14.7 Å². The fraction of sp³-hybridized carbons (Fsp3) is 0.462. The average Bonchev–Trinajstić information content (AvgIpc) is 2.41. The molecule has 2 amide bonds. The molecule has 0 radical (unpaired) electrons. The molecule has 7 heteroatoms. The van der Waals surface area contributed by atoms with Gasteiger partial charge in [-0.1, -0.05) is 0 Å². The molecule has 0 aromatic carbocycles. The van der Waals surface area contributed by atoms with Crippen molar-refractivity contribution in [2.24, 2.45) is 0 Å². The standard InChI is InChI=1S/C13H18N4O3/c1-8(18)17-5-4-10(11(19)7-17)16-13(20)9-2-3-12(14)15-6-9/h2-3,6,10-11,19H,4-5,7H2,1H3,(H2,14,15)(H,16,20)/t10-,11-/m1/s1. The number of carbonyl (C=O) groups is 2. The van der Waals surface area contributed by atoms with E-state index in [4.69, 9.17) is 5.73 Å². The number of rotatable bonds is 2. The number of anilines is 1. The van der Waals surface area contributed by atoms with Crippen LogP contribution >= 0.6 is 0 Å². The summed E-state index contributed by atoms with van der Waals surface area (Å²) >= 11 is 0. The second-order valence-electron chi connectivity index (χ2n) is 4.87. The Labute approximate surface area is 116 Å². The van der Waals surface area contributed by atoms with Gasteiger partial charge in [0.05, 0.1) is 17.7 Å². The number of hydrogen-bond donors (Lipinski definition) is 3. The first-order valence-corrected chi connectivity index (χ1v) is 6.43. The van der Waals surface area contributed by atoms with Crippen molar-refractivity contribution < 1.29 is 14.7 Å². The van der Waals surface area contributed by atoms with Crippen molar-refractivity contribution in [1.29, 1.82) is 0 Å². The smallest absolute Gasteiger partial charge is 0.253 e. The Morgan fingerprint density at radius 1 is 1.50 bits per heavy atom. The van der Waals surface area contributed by atoms with Crippen molar-refractivity contribution in [2.45, 2.75) is 25.5 Å². The Morgan fingerprint density at radius 3 is 2.80 bits per heavy atom. The van der Waals surface area contributed by atoms with Crippen molar-refractivity contribution in [3.63, 3.8) is 0 Å². The molecule has 1 fully saturated rings. The molecule has 1 aromatic rings. The third-order valence-corrected chi connectivity index (χ3v) is 3.39. The molecule has 2 atom stereocenters. The average molecular weight is 278 g/mol. The van der Waals surface area contributed by atoms with E-state index in [1.54, 1.807) is 17.0 Å². The van der Waals surface area contributed by atoms with Crippen molar-refractivity contribution in [2.75, 3.05) is 18.8 Å². The molecule has 20 heavy (non-hydrogen) atoms. The summed E-state index contributed by atoms with van der Waals surface area (Å²) in [6.07, 6.45) is 1.15. The second kappa shape index (κ2) is 5.87. The second-order valence-corrected chi connectivity index (χ2v) is 4.87. The summed E-state index contributed by atoms with van der Waals surface area (Å²) in [4.78, 5) is 28.7. The van der Waals surface area contributed by atoms with Gasteiger partial charge in [0.2, 0.25) is 5.91 Å². The van der Waals surface area contributed by atoms with Gasteiger partial charge in [0.15, 0.2) is 0 Å². The lowest BCUT2D eigenvalue weighted by Crippen LogP contribution is -2.55. The molecule has 1 saturated heterocycles. The zero-order valence-electron chi connectivity index (χ0n) is 11.2. The molecule has 1 aliphatic rings. The van der Waals surface area contributed by atoms with E-state index < -0.39 is 6.10 Å². The van der Waals surface area contributed by atoms with Gasteiger partial charge in [-0.15, -0.1) is 0 Å². The third-order valence-electron chi connectivity index (χ3n) is 3.39. The van der Waals surface area contributed by atoms with Gasteiger partial charge in [0.1, 0.15) is 5.82 Å². The van der Waals surface area contributed by atoms with Gasteiger partial charge < -0.3 is 21.1 Å². The van der Waals surface area contributed by atoms with Gasteiger partial charge in [0, 0.05) is 26.2 Å². The Balaban J connectivity index is 1.95. The Bertz CT molecular complexity index is 503. The molecule has 0 spiro atoms. The number of nitrogens with two attached hydrogens (primary N) is 1. The summed E-state index contributed by atoms with van der Waals surface area (Å²) in [5, 5.41) is 12.7. The number of aliphatic hydroxyl groups is 1. The van der Waals surface area contributed by atoms with Gasteiger partial charge in [-0.3, -0.25) is 9.59 Å². The first kappa shape index (κ1) is 14.3. The molecule has 7 nitrogen and oxygen atoms in total. The minimum Gasteiger partial charge on any atom is -0.389 e. The van der Waals surface area contributed by atoms with Crippen LogP contribution in [0.1, 0.15) is 23.7 Å². The van der Waals surface area contributed by atoms with Gasteiger partial charge in [-0.05, 0) is 18.6 Å². The summed E-state index contributed by atoms with van der Waals surface area (Å²) in [5.74, 6) is -0.0364. The maximum absolute atomic E-state index is 12.0. The number of likely N-dealkylation sites (tertiary alicyclic amines) is 1. The molecule has 2 rings (SSSR count). The van der Waals surface area contributed by atoms with Gasteiger partial charge >= 0.3 is 0 Å². The maximum atomic E-state index is 12.0. The van der Waals surface area contributed by atoms with Crippen molar-refractivity contribution >= 4 is 17.6 Å². The van der Waals surface area contributed by atoms with E-state index in [0.29, 0.717) is 24.3 Å². The predicted molar refractivity (Wildman–Crippen MR) is 72.8 cm³/mol. The van der Waals surface area contributed by atoms with Gasteiger partial charge in [-0.2, -0.15) is 0 Å². The topological polar surface area (TPSA) is 109 Å². The van der Waals surface area contributed by atoms with E-state index in [1.807, 2.05) is 0 Å². The number of amides is 2. The Kier molecular flexibility index (Phi) is 4.19. The first-order chi connectivity index (χ1) is 9.47. The van der Waals surface area contributed by atoms with Crippen molar-refractivity contribution in [3.8, 4) is 0 Å². The van der Waals surface area contributed by atoms with E-state index in [2.05, 4.69) is 10.3 Å². The number of piperidine rings is 1. The van der Waals surface area contributed by atoms with Crippen molar-refractivity contribution in [1.82, 2.24) is 15.2 Å². The monoisotopic (exact) mass is 278 g/mol. The minimum atomic E-state index is -0.765. The highest BCUT2D eigenvalue weighted by atomic mass is 16.3. The lowest BCUT2D eigenvalue weighted by Gasteiger charge is -2.35. The lowest BCUT2D eigenvalue weighted by molar-refractivity contribution is -0.132. The van der Waals surface area contributed by atoms with Crippen LogP contribution in [0.25, 0.3) is 0 Å². The predicted octanol–water partition coefficient (Wildman–Crippen LogP) is -0.625. The zero-order chi connectivity index (χ0) is 14.7. The molecule has 0 unspecified atom stereocenters. The largest absolute Gasteiger partial charge is 0.389 e. The summed E-state index contributed by atoms with van der Waals surface area (Å²) in [5.41, 5.74) is 5.85. The molecule has 0 bridgehead atoms. The lowest BCUT2D eigenvalue weighted by atomic mass is 10.0. The number of aliphatic hydroxyl groups excluding tert-OH is 1. The van der Waals surface area contributed by atoms with Crippen LogP contribution in [0.4, 0.5) is 5.82 Å². The van der Waals surface area contributed by atoms with Crippen LogP contribution < -0.4 is 11.1 Å². The summed E-state index contributed by atoms with van der Waals surface area (Å²) in [6.45, 7) is 2.23. The number of aromatic nitrogens is 1.